The van der Waals surface area contributed by atoms with Gasteiger partial charge < -0.3 is 5.32 Å². The van der Waals surface area contributed by atoms with E-state index >= 15 is 0 Å². The van der Waals surface area contributed by atoms with Gasteiger partial charge >= 0.3 is 0 Å². The molecule has 0 aliphatic heterocycles. The van der Waals surface area contributed by atoms with Crippen LogP contribution >= 0.6 is 11.8 Å². The van der Waals surface area contributed by atoms with E-state index in [1.807, 2.05) is 6.92 Å². The van der Waals surface area contributed by atoms with E-state index in [1.165, 1.54) is 43.9 Å². The van der Waals surface area contributed by atoms with Crippen LogP contribution in [0.15, 0.2) is 5.16 Å². The molecule has 1 amide bonds. The molecule has 1 aliphatic rings. The van der Waals surface area contributed by atoms with Crippen LogP contribution in [-0.2, 0) is 11.2 Å². The van der Waals surface area contributed by atoms with Crippen LogP contribution in [0.4, 0.5) is 0 Å². The minimum absolute atomic E-state index is 0.0501. The molecule has 5 nitrogen and oxygen atoms in total. The molecule has 2 N–H and O–H groups in total. The van der Waals surface area contributed by atoms with Crippen molar-refractivity contribution in [2.75, 3.05) is 12.3 Å². The second kappa shape index (κ2) is 8.29. The van der Waals surface area contributed by atoms with Crippen LogP contribution in [-0.4, -0.2) is 33.4 Å². The maximum absolute atomic E-state index is 11.5. The van der Waals surface area contributed by atoms with Gasteiger partial charge in [-0.3, -0.25) is 9.89 Å². The first-order chi connectivity index (χ1) is 9.78. The van der Waals surface area contributed by atoms with Crippen molar-refractivity contribution in [2.24, 2.45) is 5.92 Å². The van der Waals surface area contributed by atoms with Crippen molar-refractivity contribution in [2.45, 2.75) is 57.0 Å². The number of H-pyrrole nitrogens is 1. The second-order valence-corrected chi connectivity index (χ2v) is 6.33. The number of carbonyl (C=O) groups excluding carboxylic acids is 1. The third kappa shape index (κ3) is 5.15. The molecule has 1 fully saturated rings. The molecule has 1 saturated carbocycles. The molecule has 1 aliphatic carbocycles. The summed E-state index contributed by atoms with van der Waals surface area (Å²) in [6, 6.07) is 0. The normalized spacial score (nSPS) is 15.7. The van der Waals surface area contributed by atoms with E-state index < -0.39 is 0 Å². The number of hydrogen-bond acceptors (Lipinski definition) is 4. The largest absolute Gasteiger partial charge is 0.355 e. The Morgan fingerprint density at radius 2 is 2.25 bits per heavy atom. The summed E-state index contributed by atoms with van der Waals surface area (Å²) in [7, 11) is 0. The van der Waals surface area contributed by atoms with Crippen LogP contribution < -0.4 is 5.32 Å². The van der Waals surface area contributed by atoms with E-state index in [0.29, 0.717) is 10.9 Å². The minimum Gasteiger partial charge on any atom is -0.355 e. The van der Waals surface area contributed by atoms with E-state index in [4.69, 9.17) is 0 Å². The Bertz CT molecular complexity index is 415. The lowest BCUT2D eigenvalue weighted by molar-refractivity contribution is -0.118. The van der Waals surface area contributed by atoms with Crippen LogP contribution in [0.1, 0.15) is 51.3 Å². The Kier molecular flexibility index (Phi) is 6.36. The van der Waals surface area contributed by atoms with Gasteiger partial charge in [0.15, 0.2) is 0 Å². The maximum Gasteiger partial charge on any atom is 0.230 e. The summed E-state index contributed by atoms with van der Waals surface area (Å²) in [5, 5.41) is 10.7. The first-order valence-electron chi connectivity index (χ1n) is 7.58. The SMILES string of the molecule is CCCNC(=O)CSc1n[nH]c(CCC2CCCC2)n1. The Morgan fingerprint density at radius 3 is 3.00 bits per heavy atom. The van der Waals surface area contributed by atoms with Crippen LogP contribution in [0.5, 0.6) is 0 Å². The van der Waals surface area contributed by atoms with Crippen LogP contribution in [0.2, 0.25) is 0 Å². The molecule has 112 valence electrons. The molecule has 2 rings (SSSR count). The van der Waals surface area contributed by atoms with Gasteiger partial charge in [-0.2, -0.15) is 0 Å². The molecule has 0 unspecified atom stereocenters. The molecule has 0 saturated heterocycles. The van der Waals surface area contributed by atoms with Crippen molar-refractivity contribution in [1.29, 1.82) is 0 Å². The van der Waals surface area contributed by atoms with Gasteiger partial charge in [0.05, 0.1) is 5.75 Å². The lowest BCUT2D eigenvalue weighted by Gasteiger charge is -2.05. The lowest BCUT2D eigenvalue weighted by atomic mass is 10.0. The highest BCUT2D eigenvalue weighted by Crippen LogP contribution is 2.28. The zero-order valence-corrected chi connectivity index (χ0v) is 13.0. The van der Waals surface area contributed by atoms with Gasteiger partial charge in [0.25, 0.3) is 0 Å². The number of aryl methyl sites for hydroxylation is 1. The summed E-state index contributed by atoms with van der Waals surface area (Å²) in [5.41, 5.74) is 0. The summed E-state index contributed by atoms with van der Waals surface area (Å²) in [6.45, 7) is 2.78. The van der Waals surface area contributed by atoms with E-state index in [0.717, 1.165) is 31.1 Å². The Morgan fingerprint density at radius 1 is 1.45 bits per heavy atom. The number of nitrogens with zero attached hydrogens (tertiary/aromatic N) is 2. The predicted octanol–water partition coefficient (Wildman–Crippen LogP) is 2.55. The Labute approximate surface area is 124 Å². The van der Waals surface area contributed by atoms with Gasteiger partial charge in [-0.05, 0) is 18.8 Å². The van der Waals surface area contributed by atoms with Crippen molar-refractivity contribution < 1.29 is 4.79 Å². The predicted molar refractivity (Wildman–Crippen MR) is 80.7 cm³/mol. The number of aromatic amines is 1. The number of rotatable bonds is 8. The van der Waals surface area contributed by atoms with Gasteiger partial charge in [0, 0.05) is 13.0 Å². The van der Waals surface area contributed by atoms with Gasteiger partial charge in [0.1, 0.15) is 5.82 Å². The molecule has 1 heterocycles. The smallest absolute Gasteiger partial charge is 0.230 e. The molecule has 0 spiro atoms. The average molecular weight is 296 g/mol. The van der Waals surface area contributed by atoms with Crippen molar-refractivity contribution >= 4 is 17.7 Å². The molecule has 20 heavy (non-hydrogen) atoms. The summed E-state index contributed by atoms with van der Waals surface area (Å²) < 4.78 is 0. The summed E-state index contributed by atoms with van der Waals surface area (Å²) >= 11 is 1.39. The molecule has 0 atom stereocenters. The van der Waals surface area contributed by atoms with Crippen LogP contribution in [0.3, 0.4) is 0 Å². The summed E-state index contributed by atoms with van der Waals surface area (Å²) in [4.78, 5) is 15.9. The van der Waals surface area contributed by atoms with E-state index in [1.54, 1.807) is 0 Å². The number of thioether (sulfide) groups is 1. The average Bonchev–Trinajstić information content (AvgIpc) is 3.11. The fourth-order valence-electron chi connectivity index (χ4n) is 2.54. The minimum atomic E-state index is 0.0501. The highest BCUT2D eigenvalue weighted by molar-refractivity contribution is 7.99. The molecular weight excluding hydrogens is 272 g/mol. The maximum atomic E-state index is 11.5. The standard InChI is InChI=1S/C14H24N4OS/c1-2-9-15-13(19)10-20-14-16-12(17-18-14)8-7-11-5-3-4-6-11/h11H,2-10H2,1H3,(H,15,19)(H,16,17,18). The number of aromatic nitrogens is 3. The molecule has 1 aromatic rings. The molecular formula is C14H24N4OS. The van der Waals surface area contributed by atoms with E-state index in [-0.39, 0.29) is 5.91 Å². The molecule has 6 heteroatoms. The molecule has 1 aromatic heterocycles. The molecule has 0 radical (unpaired) electrons. The molecule has 0 aromatic carbocycles. The highest BCUT2D eigenvalue weighted by atomic mass is 32.2. The van der Waals surface area contributed by atoms with Gasteiger partial charge in [-0.1, -0.05) is 44.4 Å². The van der Waals surface area contributed by atoms with Crippen LogP contribution in [0.25, 0.3) is 0 Å². The lowest BCUT2D eigenvalue weighted by Crippen LogP contribution is -2.25. The van der Waals surface area contributed by atoms with Gasteiger partial charge in [0.2, 0.25) is 11.1 Å². The Hall–Kier alpha value is -1.04. The first kappa shape index (κ1) is 15.4. The Balaban J connectivity index is 1.67. The summed E-state index contributed by atoms with van der Waals surface area (Å²) in [5.74, 6) is 2.26. The van der Waals surface area contributed by atoms with Crippen molar-refractivity contribution in [1.82, 2.24) is 20.5 Å². The van der Waals surface area contributed by atoms with Gasteiger partial charge in [-0.15, -0.1) is 5.10 Å². The summed E-state index contributed by atoms with van der Waals surface area (Å²) in [6.07, 6.45) is 8.64. The molecule has 0 bridgehead atoms. The number of hydrogen-bond donors (Lipinski definition) is 2. The topological polar surface area (TPSA) is 70.7 Å². The second-order valence-electron chi connectivity index (χ2n) is 5.39. The third-order valence-corrected chi connectivity index (χ3v) is 4.53. The quantitative estimate of drug-likeness (QED) is 0.723. The fraction of sp³-hybridized carbons (Fsp3) is 0.786. The fourth-order valence-corrected chi connectivity index (χ4v) is 3.19. The van der Waals surface area contributed by atoms with Crippen molar-refractivity contribution in [3.05, 3.63) is 5.82 Å². The zero-order chi connectivity index (χ0) is 14.2. The zero-order valence-electron chi connectivity index (χ0n) is 12.2. The van der Waals surface area contributed by atoms with Crippen LogP contribution in [0, 0.1) is 5.92 Å². The number of amides is 1. The highest BCUT2D eigenvalue weighted by Gasteiger charge is 2.15. The van der Waals surface area contributed by atoms with Gasteiger partial charge in [-0.25, -0.2) is 4.98 Å². The number of carbonyl (C=O) groups is 1. The van der Waals surface area contributed by atoms with Crippen molar-refractivity contribution in [3.63, 3.8) is 0 Å². The third-order valence-electron chi connectivity index (χ3n) is 3.68. The van der Waals surface area contributed by atoms with E-state index in [9.17, 15) is 4.79 Å². The van der Waals surface area contributed by atoms with Crippen molar-refractivity contribution in [3.8, 4) is 0 Å². The monoisotopic (exact) mass is 296 g/mol. The number of nitrogens with one attached hydrogen (secondary N) is 2. The first-order valence-corrected chi connectivity index (χ1v) is 8.57. The van der Waals surface area contributed by atoms with E-state index in [2.05, 4.69) is 20.5 Å².